The van der Waals surface area contributed by atoms with E-state index < -0.39 is 9.04 Å². The summed E-state index contributed by atoms with van der Waals surface area (Å²) in [6.07, 6.45) is 5.03. The zero-order chi connectivity index (χ0) is 11.2. The lowest BCUT2D eigenvalue weighted by Crippen LogP contribution is -2.22. The highest BCUT2D eigenvalue weighted by Crippen LogP contribution is 2.18. The van der Waals surface area contributed by atoms with Gasteiger partial charge in [-0.1, -0.05) is 42.8 Å². The predicted octanol–water partition coefficient (Wildman–Crippen LogP) is 3.62. The van der Waals surface area contributed by atoms with Crippen molar-refractivity contribution in [2.45, 2.75) is 31.9 Å². The number of benzene rings is 1. The Morgan fingerprint density at radius 1 is 1.31 bits per heavy atom. The first-order valence-electron chi connectivity index (χ1n) is 6.20. The van der Waals surface area contributed by atoms with Crippen LogP contribution in [0.4, 0.5) is 0 Å². The summed E-state index contributed by atoms with van der Waals surface area (Å²) in [6, 6.07) is 13.2. The summed E-state index contributed by atoms with van der Waals surface area (Å²) in [6.45, 7) is 3.21. The van der Waals surface area contributed by atoms with Gasteiger partial charge in [0, 0.05) is 6.61 Å². The van der Waals surface area contributed by atoms with Crippen LogP contribution in [0.1, 0.15) is 25.3 Å². The summed E-state index contributed by atoms with van der Waals surface area (Å²) in [7, 11) is -0.882. The van der Waals surface area contributed by atoms with Crippen molar-refractivity contribution >= 4 is 14.6 Å². The van der Waals surface area contributed by atoms with E-state index >= 15 is 0 Å². The van der Waals surface area contributed by atoms with E-state index in [9.17, 15) is 0 Å². The molecule has 16 heavy (non-hydrogen) atoms. The van der Waals surface area contributed by atoms with Gasteiger partial charge in [-0.25, -0.2) is 0 Å². The molecule has 1 nitrogen and oxygen atoms in total. The fourth-order valence-electron chi connectivity index (χ4n) is 2.12. The lowest BCUT2D eigenvalue weighted by molar-refractivity contribution is 0.288. The molecule has 2 rings (SSSR count). The maximum absolute atomic E-state index is 5.86. The van der Waals surface area contributed by atoms with Crippen molar-refractivity contribution in [1.82, 2.24) is 0 Å². The van der Waals surface area contributed by atoms with Gasteiger partial charge in [-0.15, -0.1) is 0 Å². The zero-order valence-corrected chi connectivity index (χ0v) is 11.1. The quantitative estimate of drug-likeness (QED) is 0.723. The molecule has 0 spiro atoms. The Morgan fingerprint density at radius 3 is 2.81 bits per heavy atom. The van der Waals surface area contributed by atoms with Crippen molar-refractivity contribution in [3.05, 3.63) is 42.0 Å². The van der Waals surface area contributed by atoms with Gasteiger partial charge >= 0.3 is 0 Å². The number of allylic oxidation sites excluding steroid dienone is 2. The van der Waals surface area contributed by atoms with Crippen LogP contribution in [0.5, 0.6) is 0 Å². The molecule has 0 radical (unpaired) electrons. The van der Waals surface area contributed by atoms with Gasteiger partial charge in [-0.05, 0) is 36.6 Å². The molecule has 1 aromatic rings. The van der Waals surface area contributed by atoms with Crippen molar-refractivity contribution in [2.24, 2.45) is 0 Å². The summed E-state index contributed by atoms with van der Waals surface area (Å²) < 4.78 is 5.86. The Bertz CT molecular complexity index is 339. The van der Waals surface area contributed by atoms with Gasteiger partial charge < -0.3 is 4.43 Å². The van der Waals surface area contributed by atoms with Crippen LogP contribution < -0.4 is 0 Å². The number of rotatable bonds is 3. The van der Waals surface area contributed by atoms with Gasteiger partial charge in [0.25, 0.3) is 0 Å². The van der Waals surface area contributed by atoms with Crippen LogP contribution in [0.25, 0.3) is 5.57 Å². The summed E-state index contributed by atoms with van der Waals surface area (Å²) in [4.78, 5) is 0. The average Bonchev–Trinajstić information content (AvgIpc) is 2.38. The average molecular weight is 232 g/mol. The Morgan fingerprint density at radius 2 is 2.12 bits per heavy atom. The molecule has 1 aliphatic rings. The van der Waals surface area contributed by atoms with Crippen LogP contribution >= 0.6 is 0 Å². The minimum atomic E-state index is -0.882. The molecule has 0 aromatic heterocycles. The molecule has 2 heteroatoms. The van der Waals surface area contributed by atoms with Crippen LogP contribution in [0, 0.1) is 0 Å². The molecular weight excluding hydrogens is 212 g/mol. The van der Waals surface area contributed by atoms with Crippen molar-refractivity contribution in [2.75, 3.05) is 6.61 Å². The first-order valence-corrected chi connectivity index (χ1v) is 8.30. The number of hydrogen-bond acceptors (Lipinski definition) is 1. The second kappa shape index (κ2) is 6.02. The van der Waals surface area contributed by atoms with Crippen LogP contribution in [0.3, 0.4) is 0 Å². The third-order valence-corrected chi connectivity index (χ3v) is 5.71. The Kier molecular flexibility index (Phi) is 4.37. The van der Waals surface area contributed by atoms with Gasteiger partial charge in [0.1, 0.15) is 0 Å². The SMILES string of the molecule is CC(=CC[SiH]1CCCCO1)c1ccccc1. The van der Waals surface area contributed by atoms with E-state index in [1.165, 1.54) is 36.1 Å². The molecule has 1 fully saturated rings. The first kappa shape index (κ1) is 11.6. The van der Waals surface area contributed by atoms with E-state index in [-0.39, 0.29) is 0 Å². The van der Waals surface area contributed by atoms with Crippen LogP contribution in [0.2, 0.25) is 12.1 Å². The van der Waals surface area contributed by atoms with Crippen LogP contribution in [0.15, 0.2) is 36.4 Å². The van der Waals surface area contributed by atoms with Gasteiger partial charge in [-0.3, -0.25) is 0 Å². The van der Waals surface area contributed by atoms with E-state index in [1.54, 1.807) is 0 Å². The summed E-state index contributed by atoms with van der Waals surface area (Å²) >= 11 is 0. The van der Waals surface area contributed by atoms with E-state index in [1.807, 2.05) is 0 Å². The molecule has 1 aliphatic heterocycles. The molecule has 0 N–H and O–H groups in total. The van der Waals surface area contributed by atoms with Gasteiger partial charge in [0.2, 0.25) is 0 Å². The molecule has 1 atom stereocenters. The summed E-state index contributed by atoms with van der Waals surface area (Å²) in [5.41, 5.74) is 2.73. The molecule has 0 bridgehead atoms. The van der Waals surface area contributed by atoms with E-state index in [0.29, 0.717) is 0 Å². The van der Waals surface area contributed by atoms with Crippen molar-refractivity contribution < 1.29 is 4.43 Å². The molecule has 86 valence electrons. The van der Waals surface area contributed by atoms with Crippen LogP contribution in [-0.2, 0) is 4.43 Å². The second-order valence-corrected chi connectivity index (χ2v) is 7.10. The highest BCUT2D eigenvalue weighted by molar-refractivity contribution is 6.52. The minimum Gasteiger partial charge on any atom is -0.420 e. The monoisotopic (exact) mass is 232 g/mol. The van der Waals surface area contributed by atoms with E-state index in [0.717, 1.165) is 6.61 Å². The van der Waals surface area contributed by atoms with E-state index in [2.05, 4.69) is 43.3 Å². The lowest BCUT2D eigenvalue weighted by atomic mass is 10.1. The van der Waals surface area contributed by atoms with Gasteiger partial charge in [-0.2, -0.15) is 0 Å². The Labute approximate surface area is 99.9 Å². The third kappa shape index (κ3) is 3.32. The van der Waals surface area contributed by atoms with Crippen LogP contribution in [-0.4, -0.2) is 15.6 Å². The predicted molar refractivity (Wildman–Crippen MR) is 72.0 cm³/mol. The molecular formula is C14H20OSi. The highest BCUT2D eigenvalue weighted by atomic mass is 28.3. The second-order valence-electron chi connectivity index (χ2n) is 4.48. The van der Waals surface area contributed by atoms with Gasteiger partial charge in [0.05, 0.1) is 0 Å². The minimum absolute atomic E-state index is 0.882. The molecule has 0 aliphatic carbocycles. The molecule has 1 heterocycles. The normalized spacial score (nSPS) is 22.1. The van der Waals surface area contributed by atoms with E-state index in [4.69, 9.17) is 4.43 Å². The standard InChI is InChI=1S/C14H20OSi/c1-13(14-7-3-2-4-8-14)9-12-16-11-6-5-10-15-16/h2-4,7-9,16H,5-6,10-12H2,1H3. The molecule has 1 unspecified atom stereocenters. The topological polar surface area (TPSA) is 9.23 Å². The Balaban J connectivity index is 1.91. The summed E-state index contributed by atoms with van der Waals surface area (Å²) in [5.74, 6) is 0. The fourth-order valence-corrected chi connectivity index (χ4v) is 4.52. The Hall–Kier alpha value is -0.863. The smallest absolute Gasteiger partial charge is 0.180 e. The number of hydrogen-bond donors (Lipinski definition) is 0. The maximum Gasteiger partial charge on any atom is 0.180 e. The molecule has 1 saturated heterocycles. The first-order chi connectivity index (χ1) is 7.86. The maximum atomic E-state index is 5.86. The summed E-state index contributed by atoms with van der Waals surface area (Å²) in [5, 5.41) is 0. The van der Waals surface area contributed by atoms with Gasteiger partial charge in [0.15, 0.2) is 9.04 Å². The highest BCUT2D eigenvalue weighted by Gasteiger charge is 2.14. The van der Waals surface area contributed by atoms with Crippen molar-refractivity contribution in [3.63, 3.8) is 0 Å². The zero-order valence-electron chi connectivity index (χ0n) is 9.99. The molecule has 0 saturated carbocycles. The van der Waals surface area contributed by atoms with Crippen molar-refractivity contribution in [1.29, 1.82) is 0 Å². The largest absolute Gasteiger partial charge is 0.420 e. The molecule has 0 amide bonds. The lowest BCUT2D eigenvalue weighted by Gasteiger charge is -2.19. The fraction of sp³-hybridized carbons (Fsp3) is 0.429. The third-order valence-electron chi connectivity index (χ3n) is 3.19. The van der Waals surface area contributed by atoms with Crippen molar-refractivity contribution in [3.8, 4) is 0 Å². The molecule has 1 aromatic carbocycles.